The molecule has 148 valence electrons. The molecule has 0 radical (unpaired) electrons. The lowest BCUT2D eigenvalue weighted by molar-refractivity contribution is 0.135. The first-order valence-corrected chi connectivity index (χ1v) is 9.80. The first-order chi connectivity index (χ1) is 13.5. The van der Waals surface area contributed by atoms with Crippen LogP contribution in [0.2, 0.25) is 10.0 Å². The van der Waals surface area contributed by atoms with E-state index in [0.29, 0.717) is 33.1 Å². The van der Waals surface area contributed by atoms with E-state index < -0.39 is 12.2 Å². The molecule has 2 aromatic heterocycles. The summed E-state index contributed by atoms with van der Waals surface area (Å²) >= 11 is 13.3. The number of rotatable bonds is 8. The lowest BCUT2D eigenvalue weighted by atomic mass is 10.3. The van der Waals surface area contributed by atoms with Gasteiger partial charge in [0.1, 0.15) is 28.9 Å². The third-order valence-corrected chi connectivity index (χ3v) is 4.98. The minimum atomic E-state index is -2.79. The fourth-order valence-electron chi connectivity index (χ4n) is 2.14. The quantitative estimate of drug-likeness (QED) is 0.328. The summed E-state index contributed by atoms with van der Waals surface area (Å²) in [5.74, 6) is 1.40. The maximum absolute atomic E-state index is 13.1. The van der Waals surface area contributed by atoms with Crippen molar-refractivity contribution >= 4 is 41.2 Å². The number of aromatic nitrogens is 3. The van der Waals surface area contributed by atoms with Gasteiger partial charge in [0.25, 0.3) is 6.43 Å². The predicted octanol–water partition coefficient (Wildman–Crippen LogP) is 5.69. The van der Waals surface area contributed by atoms with Gasteiger partial charge in [-0.25, -0.2) is 8.78 Å². The third-order valence-electron chi connectivity index (χ3n) is 3.37. The summed E-state index contributed by atoms with van der Waals surface area (Å²) in [4.78, 5) is 0. The highest BCUT2D eigenvalue weighted by Gasteiger charge is 2.20. The zero-order chi connectivity index (χ0) is 20.1. The van der Waals surface area contributed by atoms with E-state index in [0.717, 1.165) is 4.68 Å². The number of nitrogens with zero attached hydrogens (tertiary/aromatic N) is 4. The van der Waals surface area contributed by atoms with Gasteiger partial charge >= 0.3 is 0 Å². The molecule has 28 heavy (non-hydrogen) atoms. The number of alkyl halides is 2. The van der Waals surface area contributed by atoms with Crippen molar-refractivity contribution in [2.24, 2.45) is 5.10 Å². The minimum Gasteiger partial charge on any atom is -0.484 e. The SMILES string of the molecule is CCSc1nnc(C(F)F)n1/N=C\c1ccc(COc2cccc(Cl)c2Cl)o1. The Hall–Kier alpha value is -2.10. The summed E-state index contributed by atoms with van der Waals surface area (Å²) in [6.07, 6.45) is -1.48. The van der Waals surface area contributed by atoms with Crippen LogP contribution in [0, 0.1) is 0 Å². The van der Waals surface area contributed by atoms with E-state index in [1.54, 1.807) is 30.3 Å². The number of ether oxygens (including phenoxy) is 1. The normalized spacial score (nSPS) is 11.6. The van der Waals surface area contributed by atoms with Crippen molar-refractivity contribution in [3.63, 3.8) is 0 Å². The van der Waals surface area contributed by atoms with Crippen molar-refractivity contribution in [1.29, 1.82) is 0 Å². The molecule has 0 atom stereocenters. The molecule has 0 spiro atoms. The molecule has 0 amide bonds. The predicted molar refractivity (Wildman–Crippen MR) is 104 cm³/mol. The molecule has 2 heterocycles. The Morgan fingerprint density at radius 2 is 2.11 bits per heavy atom. The van der Waals surface area contributed by atoms with Crippen molar-refractivity contribution in [3.05, 3.63) is 57.7 Å². The van der Waals surface area contributed by atoms with Gasteiger partial charge in [0.15, 0.2) is 0 Å². The highest BCUT2D eigenvalue weighted by molar-refractivity contribution is 7.99. The lowest BCUT2D eigenvalue weighted by Gasteiger charge is -2.07. The van der Waals surface area contributed by atoms with E-state index in [1.165, 1.54) is 18.0 Å². The van der Waals surface area contributed by atoms with Gasteiger partial charge in [-0.15, -0.1) is 10.2 Å². The molecule has 0 bridgehead atoms. The van der Waals surface area contributed by atoms with Gasteiger partial charge in [0.05, 0.1) is 11.2 Å². The molecule has 0 fully saturated rings. The van der Waals surface area contributed by atoms with E-state index in [2.05, 4.69) is 15.3 Å². The van der Waals surface area contributed by atoms with Crippen LogP contribution in [0.5, 0.6) is 5.75 Å². The summed E-state index contributed by atoms with van der Waals surface area (Å²) in [5.41, 5.74) is 0. The average Bonchev–Trinajstić information content (AvgIpc) is 3.28. The zero-order valence-electron chi connectivity index (χ0n) is 14.5. The van der Waals surface area contributed by atoms with Crippen molar-refractivity contribution in [2.45, 2.75) is 25.1 Å². The maximum Gasteiger partial charge on any atom is 0.299 e. The topological polar surface area (TPSA) is 65.4 Å². The maximum atomic E-state index is 13.1. The lowest BCUT2D eigenvalue weighted by Crippen LogP contribution is -2.00. The fourth-order valence-corrected chi connectivity index (χ4v) is 3.11. The Balaban J connectivity index is 1.71. The number of halogens is 4. The highest BCUT2D eigenvalue weighted by atomic mass is 35.5. The van der Waals surface area contributed by atoms with Crippen LogP contribution in [0.25, 0.3) is 0 Å². The van der Waals surface area contributed by atoms with Crippen LogP contribution in [0.3, 0.4) is 0 Å². The Kier molecular flexibility index (Phi) is 6.93. The Bertz CT molecular complexity index is 978. The van der Waals surface area contributed by atoms with Crippen LogP contribution >= 0.6 is 35.0 Å². The standard InChI is InChI=1S/C17H14Cl2F2N4O2S/c1-2-28-17-24-23-16(15(20)21)25(17)22-8-10-6-7-11(27-10)9-26-13-5-3-4-12(18)14(13)19/h3-8,15H,2,9H2,1H3/b22-8-. The van der Waals surface area contributed by atoms with E-state index >= 15 is 0 Å². The van der Waals surface area contributed by atoms with Crippen LogP contribution in [0.4, 0.5) is 8.78 Å². The monoisotopic (exact) mass is 446 g/mol. The first-order valence-electron chi connectivity index (χ1n) is 8.05. The Morgan fingerprint density at radius 3 is 2.86 bits per heavy atom. The fraction of sp³-hybridized carbons (Fsp3) is 0.235. The third kappa shape index (κ3) is 4.84. The molecule has 6 nitrogen and oxygen atoms in total. The van der Waals surface area contributed by atoms with E-state index in [9.17, 15) is 8.78 Å². The number of hydrogen-bond donors (Lipinski definition) is 0. The first kappa shape index (κ1) is 20.6. The molecule has 0 aliphatic carbocycles. The van der Waals surface area contributed by atoms with Crippen molar-refractivity contribution in [2.75, 3.05) is 5.75 Å². The molecule has 0 saturated heterocycles. The molecular formula is C17H14Cl2F2N4O2S. The number of furan rings is 1. The Morgan fingerprint density at radius 1 is 1.29 bits per heavy atom. The van der Waals surface area contributed by atoms with Gasteiger partial charge in [-0.05, 0) is 30.0 Å². The van der Waals surface area contributed by atoms with Crippen LogP contribution in [-0.4, -0.2) is 26.8 Å². The zero-order valence-corrected chi connectivity index (χ0v) is 16.8. The summed E-state index contributed by atoms with van der Waals surface area (Å²) < 4.78 is 38.3. The second kappa shape index (κ2) is 9.40. The molecular weight excluding hydrogens is 433 g/mol. The molecule has 1 aromatic carbocycles. The summed E-state index contributed by atoms with van der Waals surface area (Å²) in [6, 6.07) is 8.38. The molecule has 0 unspecified atom stereocenters. The largest absolute Gasteiger partial charge is 0.484 e. The molecule has 3 rings (SSSR count). The summed E-state index contributed by atoms with van der Waals surface area (Å²) in [6.45, 7) is 1.99. The van der Waals surface area contributed by atoms with E-state index in [1.807, 2.05) is 6.92 Å². The molecule has 0 aliphatic heterocycles. The van der Waals surface area contributed by atoms with Crippen molar-refractivity contribution in [1.82, 2.24) is 14.9 Å². The van der Waals surface area contributed by atoms with Crippen LogP contribution < -0.4 is 4.74 Å². The van der Waals surface area contributed by atoms with Gasteiger partial charge in [-0.3, -0.25) is 0 Å². The second-order valence-electron chi connectivity index (χ2n) is 5.28. The van der Waals surface area contributed by atoms with Gasteiger partial charge in [-0.2, -0.15) is 9.78 Å². The molecule has 0 N–H and O–H groups in total. The molecule has 0 saturated carbocycles. The average molecular weight is 447 g/mol. The number of thioether (sulfide) groups is 1. The summed E-state index contributed by atoms with van der Waals surface area (Å²) in [5, 5.41) is 12.2. The Labute approximate surface area is 173 Å². The van der Waals surface area contributed by atoms with E-state index in [-0.39, 0.29) is 11.8 Å². The van der Waals surface area contributed by atoms with Gasteiger partial charge in [-0.1, -0.05) is 48.0 Å². The van der Waals surface area contributed by atoms with Gasteiger partial charge in [0, 0.05) is 0 Å². The van der Waals surface area contributed by atoms with Crippen LogP contribution in [0.1, 0.15) is 30.7 Å². The minimum absolute atomic E-state index is 0.111. The van der Waals surface area contributed by atoms with Crippen molar-refractivity contribution in [3.8, 4) is 5.75 Å². The van der Waals surface area contributed by atoms with E-state index in [4.69, 9.17) is 32.4 Å². The van der Waals surface area contributed by atoms with Crippen molar-refractivity contribution < 1.29 is 17.9 Å². The molecule has 3 aromatic rings. The van der Waals surface area contributed by atoms with Crippen LogP contribution in [-0.2, 0) is 6.61 Å². The van der Waals surface area contributed by atoms with Gasteiger partial charge in [0.2, 0.25) is 11.0 Å². The molecule has 0 aliphatic rings. The smallest absolute Gasteiger partial charge is 0.299 e. The summed E-state index contributed by atoms with van der Waals surface area (Å²) in [7, 11) is 0. The van der Waals surface area contributed by atoms with Gasteiger partial charge < -0.3 is 9.15 Å². The number of hydrogen-bond acceptors (Lipinski definition) is 6. The van der Waals surface area contributed by atoms with Crippen LogP contribution in [0.15, 0.2) is 45.0 Å². The number of benzene rings is 1. The highest BCUT2D eigenvalue weighted by Crippen LogP contribution is 2.32. The second-order valence-corrected chi connectivity index (χ2v) is 7.29. The molecule has 11 heteroatoms.